The summed E-state index contributed by atoms with van der Waals surface area (Å²) in [4.78, 5) is 87.2. The number of rotatable bonds is 22. The highest BCUT2D eigenvalue weighted by molar-refractivity contribution is 5.97. The van der Waals surface area contributed by atoms with E-state index in [-0.39, 0.29) is 80.1 Å². The lowest BCUT2D eigenvalue weighted by atomic mass is 9.94. The zero-order valence-corrected chi connectivity index (χ0v) is 37.9. The summed E-state index contributed by atoms with van der Waals surface area (Å²) < 4.78 is 0. The summed E-state index contributed by atoms with van der Waals surface area (Å²) >= 11 is 0. The molecule has 2 heterocycles. The fourth-order valence-electron chi connectivity index (χ4n) is 9.62. The average Bonchev–Trinajstić information content (AvgIpc) is 4.23. The highest BCUT2D eigenvalue weighted by Gasteiger charge is 2.48. The van der Waals surface area contributed by atoms with Crippen LogP contribution in [-0.2, 0) is 30.5 Å². The topological polar surface area (TPSA) is 148 Å². The van der Waals surface area contributed by atoms with Gasteiger partial charge in [-0.2, -0.15) is 0 Å². The predicted molar refractivity (Wildman–Crippen MR) is 247 cm³/mol. The van der Waals surface area contributed by atoms with E-state index in [1.807, 2.05) is 36.4 Å². The highest BCUT2D eigenvalue weighted by Crippen LogP contribution is 2.47. The molecule has 3 N–H and O–H groups in total. The molecule has 2 aliphatic carbocycles. The molecule has 342 valence electrons. The molecule has 4 aliphatic rings. The van der Waals surface area contributed by atoms with E-state index in [0.717, 1.165) is 76.2 Å². The molecule has 0 bridgehead atoms. The minimum absolute atomic E-state index is 0.00937. The number of unbranched alkanes of at least 4 members (excludes halogenated alkanes) is 7. The van der Waals surface area contributed by atoms with E-state index >= 15 is 0 Å². The maximum absolute atomic E-state index is 14.1. The average molecular weight is 873 g/mol. The smallest absolute Gasteiger partial charge is 0.253 e. The van der Waals surface area contributed by atoms with Gasteiger partial charge in [0, 0.05) is 56.7 Å². The van der Waals surface area contributed by atoms with Crippen LogP contribution >= 0.6 is 0 Å². The third kappa shape index (κ3) is 12.2. The van der Waals surface area contributed by atoms with E-state index in [0.29, 0.717) is 36.9 Å². The van der Waals surface area contributed by atoms with Gasteiger partial charge in [-0.3, -0.25) is 28.8 Å². The van der Waals surface area contributed by atoms with Gasteiger partial charge in [-0.25, -0.2) is 0 Å². The minimum atomic E-state index is -0.781. The molecule has 2 aliphatic heterocycles. The number of carbonyl (C=O) groups is 6. The third-order valence-corrected chi connectivity index (χ3v) is 13.8. The van der Waals surface area contributed by atoms with E-state index in [1.54, 1.807) is 34.1 Å². The minimum Gasteiger partial charge on any atom is -0.355 e. The van der Waals surface area contributed by atoms with Crippen LogP contribution in [0, 0.1) is 17.8 Å². The Morgan fingerprint density at radius 1 is 0.641 bits per heavy atom. The zero-order valence-electron chi connectivity index (χ0n) is 37.9. The van der Waals surface area contributed by atoms with Gasteiger partial charge in [-0.05, 0) is 66.3 Å². The van der Waals surface area contributed by atoms with Crippen molar-refractivity contribution in [1.29, 1.82) is 0 Å². The number of carbonyl (C=O) groups excluding carboxylic acids is 6. The number of hydrogen-bond acceptors (Lipinski definition) is 6. The Morgan fingerprint density at radius 3 is 1.94 bits per heavy atom. The lowest BCUT2D eigenvalue weighted by Gasteiger charge is -2.40. The van der Waals surface area contributed by atoms with Crippen molar-refractivity contribution in [3.63, 3.8) is 0 Å². The molecular weight excluding hydrogens is 805 g/mol. The van der Waals surface area contributed by atoms with Gasteiger partial charge < -0.3 is 30.7 Å². The van der Waals surface area contributed by atoms with Gasteiger partial charge in [0.25, 0.3) is 5.91 Å². The molecule has 12 heteroatoms. The van der Waals surface area contributed by atoms with E-state index in [9.17, 15) is 28.8 Å². The molecule has 3 aromatic rings. The van der Waals surface area contributed by atoms with E-state index < -0.39 is 17.9 Å². The maximum atomic E-state index is 14.1. The zero-order chi connectivity index (χ0) is 45.0. The van der Waals surface area contributed by atoms with Crippen molar-refractivity contribution < 1.29 is 28.8 Å². The molecule has 3 aromatic carbocycles. The van der Waals surface area contributed by atoms with Crippen molar-refractivity contribution in [2.45, 2.75) is 121 Å². The van der Waals surface area contributed by atoms with Crippen LogP contribution in [0.1, 0.15) is 130 Å². The van der Waals surface area contributed by atoms with E-state index in [4.69, 9.17) is 0 Å². The summed E-state index contributed by atoms with van der Waals surface area (Å²) in [5.74, 6) is -1.72. The first-order chi connectivity index (χ1) is 31.1. The second kappa shape index (κ2) is 22.4. The van der Waals surface area contributed by atoms with Crippen molar-refractivity contribution in [3.8, 4) is 0 Å². The molecule has 12 nitrogen and oxygen atoms in total. The third-order valence-electron chi connectivity index (χ3n) is 13.8. The van der Waals surface area contributed by atoms with Crippen LogP contribution in [-0.4, -0.2) is 101 Å². The fraction of sp³-hybridized carbons (Fsp3) is 0.538. The van der Waals surface area contributed by atoms with Crippen LogP contribution in [0.15, 0.2) is 84.9 Å². The summed E-state index contributed by atoms with van der Waals surface area (Å²) in [6, 6.07) is 26.7. The van der Waals surface area contributed by atoms with E-state index in [1.165, 1.54) is 16.0 Å². The molecule has 7 atom stereocenters. The van der Waals surface area contributed by atoms with E-state index in [2.05, 4.69) is 54.1 Å². The van der Waals surface area contributed by atoms with Crippen LogP contribution in [0.25, 0.3) is 0 Å². The number of amides is 6. The molecule has 4 fully saturated rings. The Labute approximate surface area is 379 Å². The molecule has 6 amide bonds. The molecule has 2 saturated carbocycles. The quantitative estimate of drug-likeness (QED) is 0.0975. The Morgan fingerprint density at radius 2 is 1.27 bits per heavy atom. The van der Waals surface area contributed by atoms with Crippen molar-refractivity contribution >= 4 is 35.4 Å². The molecule has 0 radical (unpaired) electrons. The molecule has 0 unspecified atom stereocenters. The van der Waals surface area contributed by atoms with Crippen LogP contribution < -0.4 is 16.0 Å². The molecule has 64 heavy (non-hydrogen) atoms. The van der Waals surface area contributed by atoms with Gasteiger partial charge >= 0.3 is 0 Å². The first kappa shape index (κ1) is 46.5. The lowest BCUT2D eigenvalue weighted by molar-refractivity contribution is -0.154. The first-order valence-electron chi connectivity index (χ1n) is 24.1. The SMILES string of the molecule is CCCCCCCC(=O)N1CC(=O)N(Cc2ccc(C(=O)N3C[C@@H](C(=O)NC[C@H]4C[C@@H]4c4ccccc4)[C@H](C(=O)N[C@H]4C[C@@H]4c4ccccc4)C3)cc2)C[C@@H]1C(=O)NCCCCCC. The number of benzene rings is 3. The number of piperazine rings is 1. The summed E-state index contributed by atoms with van der Waals surface area (Å²) in [5, 5.41) is 9.37. The Hall–Kier alpha value is -5.52. The summed E-state index contributed by atoms with van der Waals surface area (Å²) in [7, 11) is 0. The van der Waals surface area contributed by atoms with Gasteiger partial charge in [0.05, 0.1) is 18.4 Å². The van der Waals surface area contributed by atoms with Crippen molar-refractivity contribution in [2.75, 3.05) is 39.3 Å². The Bertz CT molecular complexity index is 2060. The molecule has 7 rings (SSSR count). The summed E-state index contributed by atoms with van der Waals surface area (Å²) in [6.45, 7) is 5.74. The molecular formula is C52H68N6O6. The van der Waals surface area contributed by atoms with Crippen LogP contribution in [0.3, 0.4) is 0 Å². The van der Waals surface area contributed by atoms with Gasteiger partial charge in [0.15, 0.2) is 0 Å². The predicted octanol–water partition coefficient (Wildman–Crippen LogP) is 6.56. The number of likely N-dealkylation sites (tertiary alicyclic amines) is 1. The highest BCUT2D eigenvalue weighted by atomic mass is 16.2. The molecule has 0 aromatic heterocycles. The number of hydrogen-bond donors (Lipinski definition) is 3. The van der Waals surface area contributed by atoms with Gasteiger partial charge in [-0.15, -0.1) is 0 Å². The molecule has 2 saturated heterocycles. The Kier molecular flexibility index (Phi) is 16.3. The van der Waals surface area contributed by atoms with Crippen molar-refractivity contribution in [1.82, 2.24) is 30.7 Å². The van der Waals surface area contributed by atoms with Gasteiger partial charge in [-0.1, -0.05) is 132 Å². The van der Waals surface area contributed by atoms with Crippen molar-refractivity contribution in [3.05, 3.63) is 107 Å². The van der Waals surface area contributed by atoms with Crippen molar-refractivity contribution in [2.24, 2.45) is 17.8 Å². The largest absolute Gasteiger partial charge is 0.355 e. The summed E-state index contributed by atoms with van der Waals surface area (Å²) in [6.07, 6.45) is 11.2. The lowest BCUT2D eigenvalue weighted by Crippen LogP contribution is -2.62. The first-order valence-corrected chi connectivity index (χ1v) is 24.1. The van der Waals surface area contributed by atoms with Crippen LogP contribution in [0.2, 0.25) is 0 Å². The normalized spacial score (nSPS) is 23.7. The second-order valence-corrected chi connectivity index (χ2v) is 18.6. The second-order valence-electron chi connectivity index (χ2n) is 18.6. The Balaban J connectivity index is 0.976. The van der Waals surface area contributed by atoms with Gasteiger partial charge in [0.2, 0.25) is 29.5 Å². The standard InChI is InChI=1S/C52H68N6O6/c1-3-5-7-9-16-22-47(59)58-35-48(60)56(34-46(58)51(63)53-27-17-8-6-4-2)31-36-23-25-39(26-24-36)52(64)57-32-43(49(61)54-30-40-28-41(40)37-18-12-10-13-19-37)44(33-57)50(62)55-45-29-42(45)38-20-14-11-15-21-38/h10-15,18-21,23-26,40-46H,3-9,16-17,22,27-35H2,1-2H3,(H,53,63)(H,54,61)(H,55,62)/t40-,41-,42-,43-,44-,45+,46-/m1/s1. The van der Waals surface area contributed by atoms with Gasteiger partial charge in [0.1, 0.15) is 12.6 Å². The fourth-order valence-corrected chi connectivity index (χ4v) is 9.62. The number of nitrogens with zero attached hydrogens (tertiary/aromatic N) is 3. The summed E-state index contributed by atoms with van der Waals surface area (Å²) in [5.41, 5.74) is 3.64. The van der Waals surface area contributed by atoms with Crippen LogP contribution in [0.5, 0.6) is 0 Å². The monoisotopic (exact) mass is 873 g/mol. The van der Waals surface area contributed by atoms with Crippen LogP contribution in [0.4, 0.5) is 0 Å². The molecule has 0 spiro atoms. The maximum Gasteiger partial charge on any atom is 0.253 e. The number of nitrogens with one attached hydrogen (secondary N) is 3.